The van der Waals surface area contributed by atoms with Crippen LogP contribution in [0.3, 0.4) is 0 Å². The second-order valence-corrected chi connectivity index (χ2v) is 13.1. The van der Waals surface area contributed by atoms with E-state index < -0.39 is 10.0 Å². The summed E-state index contributed by atoms with van der Waals surface area (Å²) in [5, 5.41) is 0. The maximum Gasteiger partial charge on any atom is 0.330 e. The van der Waals surface area contributed by atoms with Gasteiger partial charge in [0.2, 0.25) is 10.0 Å². The number of piperidine rings is 1. The molecule has 4 heterocycles. The fourth-order valence-electron chi connectivity index (χ4n) is 5.19. The van der Waals surface area contributed by atoms with Crippen LogP contribution < -0.4 is 15.3 Å². The van der Waals surface area contributed by atoms with E-state index in [1.807, 2.05) is 25.2 Å². The van der Waals surface area contributed by atoms with Crippen LogP contribution in [0.1, 0.15) is 45.2 Å². The molecule has 1 fully saturated rings. The van der Waals surface area contributed by atoms with Crippen molar-refractivity contribution in [2.24, 2.45) is 12.5 Å². The van der Waals surface area contributed by atoms with Gasteiger partial charge in [0.25, 0.3) is 0 Å². The van der Waals surface area contributed by atoms with Gasteiger partial charge in [-0.3, -0.25) is 9.13 Å². The summed E-state index contributed by atoms with van der Waals surface area (Å²) >= 11 is 0. The quantitative estimate of drug-likeness (QED) is 0.532. The number of benzene rings is 1. The van der Waals surface area contributed by atoms with Gasteiger partial charge < -0.3 is 9.64 Å². The van der Waals surface area contributed by atoms with Gasteiger partial charge in [-0.15, -0.1) is 0 Å². The minimum atomic E-state index is -3.68. The second-order valence-electron chi connectivity index (χ2n) is 11.2. The number of anilines is 1. The molecule has 5 rings (SSSR count). The zero-order valence-corrected chi connectivity index (χ0v) is 22.5. The van der Waals surface area contributed by atoms with E-state index in [0.717, 1.165) is 36.3 Å². The van der Waals surface area contributed by atoms with Crippen molar-refractivity contribution in [1.82, 2.24) is 18.4 Å². The third-order valence-electron chi connectivity index (χ3n) is 7.10. The van der Waals surface area contributed by atoms with E-state index in [-0.39, 0.29) is 21.9 Å². The van der Waals surface area contributed by atoms with Crippen LogP contribution in [0.5, 0.6) is 5.75 Å². The topological polar surface area (TPSA) is 89.7 Å². The molecule has 0 aliphatic carbocycles. The van der Waals surface area contributed by atoms with E-state index in [4.69, 9.17) is 9.72 Å². The van der Waals surface area contributed by atoms with Crippen molar-refractivity contribution in [2.45, 2.75) is 51.0 Å². The molecule has 3 aromatic rings. The zero-order valence-electron chi connectivity index (χ0n) is 21.7. The summed E-state index contributed by atoms with van der Waals surface area (Å²) in [5.41, 5.74) is 3.03. The molecule has 2 aliphatic rings. The minimum Gasteiger partial charge on any atom is -0.490 e. The molecule has 36 heavy (non-hydrogen) atoms. The van der Waals surface area contributed by atoms with Crippen LogP contribution in [0.25, 0.3) is 11.2 Å². The Balaban J connectivity index is 1.43. The third-order valence-corrected chi connectivity index (χ3v) is 8.96. The van der Waals surface area contributed by atoms with Crippen molar-refractivity contribution < 1.29 is 13.2 Å². The van der Waals surface area contributed by atoms with Crippen molar-refractivity contribution in [3.63, 3.8) is 0 Å². The highest BCUT2D eigenvalue weighted by Crippen LogP contribution is 2.35. The first-order valence-electron chi connectivity index (χ1n) is 12.5. The van der Waals surface area contributed by atoms with Crippen molar-refractivity contribution in [3.8, 4) is 5.75 Å². The summed E-state index contributed by atoms with van der Waals surface area (Å²) < 4.78 is 37.8. The fraction of sp³-hybridized carbons (Fsp3) is 0.538. The molecule has 2 aliphatic heterocycles. The predicted octanol–water partition coefficient (Wildman–Crippen LogP) is 3.18. The van der Waals surface area contributed by atoms with Crippen LogP contribution in [0.2, 0.25) is 0 Å². The van der Waals surface area contributed by atoms with Crippen LogP contribution >= 0.6 is 0 Å². The lowest BCUT2D eigenvalue weighted by Crippen LogP contribution is -2.39. The highest BCUT2D eigenvalue weighted by atomic mass is 32.2. The number of nitrogens with zero attached hydrogens (tertiary/aromatic N) is 5. The highest BCUT2D eigenvalue weighted by molar-refractivity contribution is 7.89. The number of rotatable bonds is 4. The number of imidazole rings is 1. The monoisotopic (exact) mass is 513 g/mol. The lowest BCUT2D eigenvalue weighted by molar-refractivity contribution is 0.307. The van der Waals surface area contributed by atoms with Gasteiger partial charge in [0.15, 0.2) is 5.65 Å². The molecule has 2 aromatic heterocycles. The van der Waals surface area contributed by atoms with Crippen LogP contribution in [0.15, 0.2) is 40.0 Å². The average Bonchev–Trinajstić information content (AvgIpc) is 3.07. The number of pyridine rings is 1. The van der Waals surface area contributed by atoms with Gasteiger partial charge in [-0.25, -0.2) is 18.2 Å². The Kier molecular flexibility index (Phi) is 6.15. The lowest BCUT2D eigenvalue weighted by atomic mass is 9.95. The number of fused-ring (bicyclic) bond motifs is 2. The number of likely N-dealkylation sites (N-methyl/N-ethyl adjacent to an activating group) is 1. The Morgan fingerprint density at radius 2 is 1.89 bits per heavy atom. The van der Waals surface area contributed by atoms with E-state index in [2.05, 4.69) is 25.7 Å². The number of aryl methyl sites for hydroxylation is 1. The van der Waals surface area contributed by atoms with Crippen molar-refractivity contribution in [1.29, 1.82) is 0 Å². The van der Waals surface area contributed by atoms with Gasteiger partial charge in [0.1, 0.15) is 12.4 Å². The smallest absolute Gasteiger partial charge is 0.330 e. The maximum absolute atomic E-state index is 13.6. The van der Waals surface area contributed by atoms with Crippen LogP contribution in [-0.4, -0.2) is 60.1 Å². The summed E-state index contributed by atoms with van der Waals surface area (Å²) in [6.45, 7) is 9.04. The van der Waals surface area contributed by atoms with E-state index in [1.54, 1.807) is 32.6 Å². The summed E-state index contributed by atoms with van der Waals surface area (Å²) in [6.07, 6.45) is 1.59. The predicted molar refractivity (Wildman–Crippen MR) is 140 cm³/mol. The van der Waals surface area contributed by atoms with Gasteiger partial charge in [-0.1, -0.05) is 20.8 Å². The van der Waals surface area contributed by atoms with Crippen molar-refractivity contribution in [2.75, 3.05) is 38.2 Å². The standard InChI is InChI=1S/C26H35N5O4S/c1-26(2,3)17-31-22-11-9-20(27-24(22)29(5)25(31)32)18-7-6-12-30(16-18)36(33,34)19-8-10-21-23(15-19)35-14-13-28(21)4/h8-11,15,18H,6-7,12-14,16-17H2,1-5H3. The number of sulfonamides is 1. The van der Waals surface area contributed by atoms with Gasteiger partial charge >= 0.3 is 5.69 Å². The first-order valence-corrected chi connectivity index (χ1v) is 13.9. The molecule has 0 spiro atoms. The summed E-state index contributed by atoms with van der Waals surface area (Å²) in [6, 6.07) is 9.03. The normalized spacial score (nSPS) is 19.4. The van der Waals surface area contributed by atoms with Crippen molar-refractivity contribution in [3.05, 3.63) is 46.5 Å². The molecule has 194 valence electrons. The molecular weight excluding hydrogens is 478 g/mol. The number of ether oxygens (including phenoxy) is 1. The SMILES string of the molecule is CN1CCOc2cc(S(=O)(=O)N3CCCC(c4ccc5c(n4)n(C)c(=O)n5CC(C)(C)C)C3)ccc21. The molecule has 1 unspecified atom stereocenters. The Morgan fingerprint density at radius 1 is 1.11 bits per heavy atom. The maximum atomic E-state index is 13.6. The molecule has 0 bridgehead atoms. The summed E-state index contributed by atoms with van der Waals surface area (Å²) in [5.74, 6) is 0.560. The Labute approximate surface area is 212 Å². The number of hydrogen-bond acceptors (Lipinski definition) is 6. The van der Waals surface area contributed by atoms with Gasteiger partial charge in [-0.2, -0.15) is 4.31 Å². The van der Waals surface area contributed by atoms with Gasteiger partial charge in [-0.05, 0) is 42.5 Å². The summed E-state index contributed by atoms with van der Waals surface area (Å²) in [4.78, 5) is 20.1. The largest absolute Gasteiger partial charge is 0.490 e. The van der Waals surface area contributed by atoms with Crippen LogP contribution in [0, 0.1) is 5.41 Å². The first-order chi connectivity index (χ1) is 17.0. The van der Waals surface area contributed by atoms with E-state index in [1.165, 1.54) is 0 Å². The van der Waals surface area contributed by atoms with Gasteiger partial charge in [0.05, 0.1) is 22.6 Å². The fourth-order valence-corrected chi connectivity index (χ4v) is 6.73. The third kappa shape index (κ3) is 4.41. The Hall–Kier alpha value is -2.85. The Bertz CT molecular complexity index is 1470. The summed E-state index contributed by atoms with van der Waals surface area (Å²) in [7, 11) is 0.0380. The van der Waals surface area contributed by atoms with E-state index in [0.29, 0.717) is 37.6 Å². The van der Waals surface area contributed by atoms with E-state index in [9.17, 15) is 13.2 Å². The second kappa shape index (κ2) is 8.92. The molecule has 1 aromatic carbocycles. The zero-order chi connectivity index (χ0) is 25.8. The molecule has 9 nitrogen and oxygen atoms in total. The lowest BCUT2D eigenvalue weighted by Gasteiger charge is -2.32. The van der Waals surface area contributed by atoms with E-state index >= 15 is 0 Å². The number of hydrogen-bond donors (Lipinski definition) is 0. The van der Waals surface area contributed by atoms with Gasteiger partial charge in [0, 0.05) is 51.4 Å². The van der Waals surface area contributed by atoms with Crippen LogP contribution in [-0.2, 0) is 23.6 Å². The first kappa shape index (κ1) is 24.8. The average molecular weight is 514 g/mol. The number of aromatic nitrogens is 3. The van der Waals surface area contributed by atoms with Crippen molar-refractivity contribution >= 4 is 26.9 Å². The molecular formula is C26H35N5O4S. The van der Waals surface area contributed by atoms with Crippen LogP contribution in [0.4, 0.5) is 5.69 Å². The Morgan fingerprint density at radius 3 is 2.64 bits per heavy atom. The molecule has 10 heteroatoms. The molecule has 0 amide bonds. The minimum absolute atomic E-state index is 0.0426. The molecule has 0 saturated carbocycles. The molecule has 0 radical (unpaired) electrons. The molecule has 0 N–H and O–H groups in total. The molecule has 1 saturated heterocycles. The molecule has 1 atom stereocenters. The highest BCUT2D eigenvalue weighted by Gasteiger charge is 2.33.